The number of nitro groups is 1. The van der Waals surface area contributed by atoms with Gasteiger partial charge in [0, 0.05) is 41.8 Å². The van der Waals surface area contributed by atoms with Crippen LogP contribution in [0.5, 0.6) is 5.75 Å². The highest BCUT2D eigenvalue weighted by Gasteiger charge is 2.45. The number of nitrogens with one attached hydrogen (secondary N) is 1. The highest BCUT2D eigenvalue weighted by molar-refractivity contribution is 5.96. The zero-order valence-corrected chi connectivity index (χ0v) is 20.9. The molecule has 0 amide bonds. The largest absolute Gasteiger partial charge is 0.497 e. The second-order valence-corrected chi connectivity index (χ2v) is 9.95. The van der Waals surface area contributed by atoms with Gasteiger partial charge in [0.15, 0.2) is 0 Å². The normalized spacial score (nSPS) is 23.7. The van der Waals surface area contributed by atoms with E-state index in [1.54, 1.807) is 26.2 Å². The molecular weight excluding hydrogens is 472 g/mol. The second kappa shape index (κ2) is 10.2. The van der Waals surface area contributed by atoms with Crippen LogP contribution < -0.4 is 10.1 Å². The maximum absolute atomic E-state index is 13.7. The average molecular weight is 503 g/mol. The summed E-state index contributed by atoms with van der Waals surface area (Å²) in [5.41, 5.74) is 3.14. The second-order valence-electron chi connectivity index (χ2n) is 9.95. The molecule has 2 aliphatic carbocycles. The van der Waals surface area contributed by atoms with Crippen molar-refractivity contribution in [1.82, 2.24) is 5.32 Å². The molecule has 3 unspecified atom stereocenters. The van der Waals surface area contributed by atoms with Crippen LogP contribution in [0.15, 0.2) is 71.6 Å². The number of hydrogen-bond acceptors (Lipinski definition) is 7. The van der Waals surface area contributed by atoms with Crippen molar-refractivity contribution in [2.24, 2.45) is 5.92 Å². The number of ketones is 1. The maximum atomic E-state index is 13.7. The number of carbonyl (C=O) groups is 2. The lowest BCUT2D eigenvalue weighted by Crippen LogP contribution is -2.42. The Hall–Kier alpha value is -3.94. The third-order valence-electron chi connectivity index (χ3n) is 7.64. The maximum Gasteiger partial charge on any atom is 0.336 e. The van der Waals surface area contributed by atoms with Gasteiger partial charge in [0.25, 0.3) is 5.69 Å². The standard InChI is InChI=1S/C29H30N2O6/c1-17-26(29(33)37-23-8-3-4-9-23)27(19-6-5-7-21(14-19)31(34)35)28-24(30-17)15-20(16-25(28)32)18-10-12-22(36-2)13-11-18/h5-7,10-15,20,23,27-28,30H,3-4,8-9,16H2,1-2H3. The fourth-order valence-corrected chi connectivity index (χ4v) is 5.82. The van der Waals surface area contributed by atoms with Crippen LogP contribution in [0.25, 0.3) is 0 Å². The highest BCUT2D eigenvalue weighted by Crippen LogP contribution is 2.47. The minimum absolute atomic E-state index is 0.0269. The van der Waals surface area contributed by atoms with Gasteiger partial charge < -0.3 is 14.8 Å². The first-order valence-electron chi connectivity index (χ1n) is 12.7. The third-order valence-corrected chi connectivity index (χ3v) is 7.64. The molecule has 2 aromatic rings. The molecule has 1 heterocycles. The minimum Gasteiger partial charge on any atom is -0.497 e. The predicted octanol–water partition coefficient (Wildman–Crippen LogP) is 5.31. The summed E-state index contributed by atoms with van der Waals surface area (Å²) in [6.07, 6.45) is 5.84. The molecule has 0 bridgehead atoms. The van der Waals surface area contributed by atoms with E-state index in [4.69, 9.17) is 9.47 Å². The molecule has 1 N–H and O–H groups in total. The Balaban J connectivity index is 1.57. The Bertz CT molecular complexity index is 1290. The molecule has 3 atom stereocenters. The first-order chi connectivity index (χ1) is 17.9. The number of nitro benzene ring substituents is 1. The summed E-state index contributed by atoms with van der Waals surface area (Å²) in [5, 5.41) is 14.9. The number of benzene rings is 2. The van der Waals surface area contributed by atoms with Gasteiger partial charge in [-0.25, -0.2) is 4.79 Å². The van der Waals surface area contributed by atoms with Gasteiger partial charge in [-0.3, -0.25) is 14.9 Å². The molecule has 5 rings (SSSR count). The van der Waals surface area contributed by atoms with Gasteiger partial charge in [-0.05, 0) is 55.9 Å². The molecule has 0 spiro atoms. The Labute approximate surface area is 215 Å². The van der Waals surface area contributed by atoms with E-state index in [2.05, 4.69) is 5.32 Å². The van der Waals surface area contributed by atoms with Crippen molar-refractivity contribution in [2.75, 3.05) is 7.11 Å². The van der Waals surface area contributed by atoms with Gasteiger partial charge in [0.1, 0.15) is 17.6 Å². The van der Waals surface area contributed by atoms with Crippen LogP contribution >= 0.6 is 0 Å². The van der Waals surface area contributed by atoms with Gasteiger partial charge in [0.2, 0.25) is 0 Å². The van der Waals surface area contributed by atoms with Gasteiger partial charge in [-0.1, -0.05) is 30.3 Å². The summed E-state index contributed by atoms with van der Waals surface area (Å²) in [5.74, 6) is -1.22. The first kappa shape index (κ1) is 24.7. The van der Waals surface area contributed by atoms with E-state index in [9.17, 15) is 19.7 Å². The molecule has 1 aliphatic heterocycles. The van der Waals surface area contributed by atoms with Gasteiger partial charge in [-0.15, -0.1) is 0 Å². The van der Waals surface area contributed by atoms with Crippen molar-refractivity contribution in [3.8, 4) is 5.75 Å². The van der Waals surface area contributed by atoms with E-state index in [0.29, 0.717) is 22.5 Å². The van der Waals surface area contributed by atoms with Crippen LogP contribution in [0.2, 0.25) is 0 Å². The number of non-ortho nitro benzene ring substituents is 1. The van der Waals surface area contributed by atoms with E-state index in [1.165, 1.54) is 12.1 Å². The SMILES string of the molecule is COc1ccc(C2C=C3NC(C)=C(C(=O)OC4CCCC4)C(c4cccc([N+](=O)[O-])c4)C3C(=O)C2)cc1. The zero-order valence-electron chi connectivity index (χ0n) is 20.9. The number of rotatable bonds is 6. The average Bonchev–Trinajstić information content (AvgIpc) is 3.40. The minimum atomic E-state index is -0.675. The highest BCUT2D eigenvalue weighted by atomic mass is 16.6. The Morgan fingerprint density at radius 1 is 1.05 bits per heavy atom. The lowest BCUT2D eigenvalue weighted by atomic mass is 9.68. The number of hydrogen-bond donors (Lipinski definition) is 1. The summed E-state index contributed by atoms with van der Waals surface area (Å²) in [7, 11) is 1.61. The Morgan fingerprint density at radius 3 is 2.46 bits per heavy atom. The van der Waals surface area contributed by atoms with Crippen molar-refractivity contribution >= 4 is 17.4 Å². The summed E-state index contributed by atoms with van der Waals surface area (Å²) in [4.78, 5) is 38.3. The number of fused-ring (bicyclic) bond motifs is 1. The number of esters is 1. The monoisotopic (exact) mass is 502 g/mol. The number of nitrogens with zero attached hydrogens (tertiary/aromatic N) is 1. The van der Waals surface area contributed by atoms with Crippen molar-refractivity contribution < 1.29 is 24.0 Å². The Morgan fingerprint density at radius 2 is 1.78 bits per heavy atom. The summed E-state index contributed by atoms with van der Waals surface area (Å²) in [6, 6.07) is 13.9. The topological polar surface area (TPSA) is 108 Å². The van der Waals surface area contributed by atoms with E-state index in [1.807, 2.05) is 30.3 Å². The molecule has 3 aliphatic rings. The molecule has 8 nitrogen and oxygen atoms in total. The van der Waals surface area contributed by atoms with E-state index < -0.39 is 22.7 Å². The number of allylic oxidation sites excluding steroid dienone is 3. The summed E-state index contributed by atoms with van der Waals surface area (Å²) >= 11 is 0. The van der Waals surface area contributed by atoms with Crippen LogP contribution in [0.3, 0.4) is 0 Å². The first-order valence-corrected chi connectivity index (χ1v) is 12.7. The quantitative estimate of drug-likeness (QED) is 0.324. The lowest BCUT2D eigenvalue weighted by molar-refractivity contribution is -0.384. The Kier molecular flexibility index (Phi) is 6.82. The molecular formula is C29H30N2O6. The summed E-state index contributed by atoms with van der Waals surface area (Å²) in [6.45, 7) is 1.80. The van der Waals surface area contributed by atoms with Gasteiger partial charge in [0.05, 0.1) is 23.5 Å². The van der Waals surface area contributed by atoms with Crippen LogP contribution in [-0.2, 0) is 14.3 Å². The van der Waals surface area contributed by atoms with E-state index in [-0.39, 0.29) is 29.9 Å². The molecule has 1 fully saturated rings. The fraction of sp³-hybridized carbons (Fsp3) is 0.379. The molecule has 1 saturated carbocycles. The molecule has 192 valence electrons. The van der Waals surface area contributed by atoms with E-state index >= 15 is 0 Å². The summed E-state index contributed by atoms with van der Waals surface area (Å²) < 4.78 is 11.1. The van der Waals surface area contributed by atoms with Gasteiger partial charge in [-0.2, -0.15) is 0 Å². The van der Waals surface area contributed by atoms with Gasteiger partial charge >= 0.3 is 5.97 Å². The molecule has 0 aromatic heterocycles. The zero-order chi connectivity index (χ0) is 26.1. The predicted molar refractivity (Wildman–Crippen MR) is 137 cm³/mol. The molecule has 0 saturated heterocycles. The number of carbonyl (C=O) groups excluding carboxylic acids is 2. The number of Topliss-reactive ketones (excluding diaryl/α,β-unsaturated/α-hetero) is 1. The molecule has 37 heavy (non-hydrogen) atoms. The molecule has 2 aromatic carbocycles. The van der Waals surface area contributed by atoms with Crippen LogP contribution in [-0.4, -0.2) is 29.9 Å². The third kappa shape index (κ3) is 4.88. The van der Waals surface area contributed by atoms with Crippen LogP contribution in [0.4, 0.5) is 5.69 Å². The van der Waals surface area contributed by atoms with Crippen LogP contribution in [0, 0.1) is 16.0 Å². The molecule has 8 heteroatoms. The molecule has 0 radical (unpaired) electrons. The number of methoxy groups -OCH3 is 1. The fourth-order valence-electron chi connectivity index (χ4n) is 5.82. The lowest BCUT2D eigenvalue weighted by Gasteiger charge is -2.39. The van der Waals surface area contributed by atoms with Crippen molar-refractivity contribution in [3.63, 3.8) is 0 Å². The van der Waals surface area contributed by atoms with Crippen molar-refractivity contribution in [3.05, 3.63) is 92.8 Å². The number of ether oxygens (including phenoxy) is 2. The van der Waals surface area contributed by atoms with Crippen LogP contribution in [0.1, 0.15) is 62.0 Å². The van der Waals surface area contributed by atoms with E-state index in [0.717, 1.165) is 37.0 Å². The smallest absolute Gasteiger partial charge is 0.336 e. The van der Waals surface area contributed by atoms with Crippen molar-refractivity contribution in [1.29, 1.82) is 0 Å². The van der Waals surface area contributed by atoms with Crippen molar-refractivity contribution in [2.45, 2.75) is 57.0 Å².